The van der Waals surface area contributed by atoms with Crippen molar-refractivity contribution in [3.8, 4) is 5.75 Å². The number of hydrogen-bond donors (Lipinski definition) is 3. The van der Waals surface area contributed by atoms with E-state index in [4.69, 9.17) is 5.11 Å². The third kappa shape index (κ3) is 4.32. The van der Waals surface area contributed by atoms with Crippen LogP contribution in [0.3, 0.4) is 0 Å². The highest BCUT2D eigenvalue weighted by Gasteiger charge is 2.13. The number of benzene rings is 2. The summed E-state index contributed by atoms with van der Waals surface area (Å²) in [5.74, 6) is -1.10. The molecule has 5 heteroatoms. The first-order chi connectivity index (χ1) is 10.9. The number of carbonyl (C=O) groups is 2. The number of carboxylic acids is 1. The molecule has 1 amide bonds. The van der Waals surface area contributed by atoms with Crippen molar-refractivity contribution in [2.75, 3.05) is 5.32 Å². The highest BCUT2D eigenvalue weighted by molar-refractivity contribution is 6.06. The zero-order valence-corrected chi connectivity index (χ0v) is 13.0. The predicted octanol–water partition coefficient (Wildman–Crippen LogP) is 3.54. The second-order valence-corrected chi connectivity index (χ2v) is 5.79. The number of hydrogen-bond acceptors (Lipinski definition) is 3. The summed E-state index contributed by atoms with van der Waals surface area (Å²) in [6.45, 7) is 4.16. The van der Waals surface area contributed by atoms with Gasteiger partial charge in [0.1, 0.15) is 5.75 Å². The predicted molar refractivity (Wildman–Crippen MR) is 88.0 cm³/mol. The van der Waals surface area contributed by atoms with E-state index in [1.54, 1.807) is 12.1 Å². The van der Waals surface area contributed by atoms with Gasteiger partial charge in [0.15, 0.2) is 0 Å². The van der Waals surface area contributed by atoms with E-state index in [0.29, 0.717) is 11.6 Å². The fourth-order valence-corrected chi connectivity index (χ4v) is 2.26. The van der Waals surface area contributed by atoms with Gasteiger partial charge in [-0.3, -0.25) is 4.79 Å². The Kier molecular flexibility index (Phi) is 5.01. The van der Waals surface area contributed by atoms with Gasteiger partial charge in [-0.15, -0.1) is 0 Å². The number of carbonyl (C=O) groups excluding carboxylic acids is 1. The zero-order valence-electron chi connectivity index (χ0n) is 13.0. The molecule has 2 aromatic carbocycles. The molecule has 0 aliphatic heterocycles. The molecule has 0 saturated heterocycles. The quantitative estimate of drug-likeness (QED) is 0.788. The van der Waals surface area contributed by atoms with Gasteiger partial charge < -0.3 is 15.5 Å². The zero-order chi connectivity index (χ0) is 17.0. The van der Waals surface area contributed by atoms with Crippen LogP contribution in [0.2, 0.25) is 0 Å². The van der Waals surface area contributed by atoms with Crippen LogP contribution in [0.15, 0.2) is 42.5 Å². The molecule has 0 aliphatic carbocycles. The maximum Gasteiger partial charge on any atom is 0.335 e. The van der Waals surface area contributed by atoms with Crippen molar-refractivity contribution in [1.29, 1.82) is 0 Å². The minimum atomic E-state index is -1.03. The van der Waals surface area contributed by atoms with Gasteiger partial charge in [0.2, 0.25) is 0 Å². The normalized spacial score (nSPS) is 10.6. The molecular formula is C18H19NO4. The first-order valence-electron chi connectivity index (χ1n) is 7.33. The Labute approximate surface area is 134 Å². The Morgan fingerprint density at radius 2 is 1.74 bits per heavy atom. The molecule has 120 valence electrons. The monoisotopic (exact) mass is 313 g/mol. The van der Waals surface area contributed by atoms with Crippen molar-refractivity contribution >= 4 is 17.6 Å². The van der Waals surface area contributed by atoms with Crippen molar-refractivity contribution in [3.05, 3.63) is 59.2 Å². The largest absolute Gasteiger partial charge is 0.507 e. The molecule has 0 unspecified atom stereocenters. The van der Waals surface area contributed by atoms with E-state index in [0.717, 1.165) is 12.0 Å². The van der Waals surface area contributed by atoms with Crippen LogP contribution in [0.5, 0.6) is 5.75 Å². The van der Waals surface area contributed by atoms with Crippen LogP contribution in [0.1, 0.15) is 40.1 Å². The van der Waals surface area contributed by atoms with Crippen molar-refractivity contribution in [2.24, 2.45) is 5.92 Å². The fourth-order valence-electron chi connectivity index (χ4n) is 2.26. The van der Waals surface area contributed by atoms with Crippen LogP contribution in [0.4, 0.5) is 5.69 Å². The Hall–Kier alpha value is -2.82. The highest BCUT2D eigenvalue weighted by atomic mass is 16.4. The lowest BCUT2D eigenvalue weighted by atomic mass is 10.00. The van der Waals surface area contributed by atoms with Crippen molar-refractivity contribution in [2.45, 2.75) is 20.3 Å². The van der Waals surface area contributed by atoms with Crippen LogP contribution in [-0.4, -0.2) is 22.1 Å². The van der Waals surface area contributed by atoms with Gasteiger partial charge in [0, 0.05) is 5.69 Å². The lowest BCUT2D eigenvalue weighted by molar-refractivity contribution is 0.0696. The van der Waals surface area contributed by atoms with E-state index >= 15 is 0 Å². The average molecular weight is 313 g/mol. The van der Waals surface area contributed by atoms with Crippen molar-refractivity contribution in [1.82, 2.24) is 0 Å². The molecule has 0 spiro atoms. The molecule has 0 heterocycles. The summed E-state index contributed by atoms with van der Waals surface area (Å²) in [7, 11) is 0. The number of phenols is 1. The highest BCUT2D eigenvalue weighted by Crippen LogP contribution is 2.22. The second-order valence-electron chi connectivity index (χ2n) is 5.79. The van der Waals surface area contributed by atoms with Gasteiger partial charge in [-0.25, -0.2) is 4.79 Å². The Morgan fingerprint density at radius 1 is 1.09 bits per heavy atom. The smallest absolute Gasteiger partial charge is 0.335 e. The summed E-state index contributed by atoms with van der Waals surface area (Å²) in [4.78, 5) is 23.1. The van der Waals surface area contributed by atoms with E-state index in [2.05, 4.69) is 19.2 Å². The average Bonchev–Trinajstić information content (AvgIpc) is 2.49. The van der Waals surface area contributed by atoms with E-state index < -0.39 is 11.9 Å². The van der Waals surface area contributed by atoms with E-state index in [1.807, 2.05) is 0 Å². The Balaban J connectivity index is 2.18. The van der Waals surface area contributed by atoms with Gasteiger partial charge in [-0.05, 0) is 54.3 Å². The summed E-state index contributed by atoms with van der Waals surface area (Å²) < 4.78 is 0. The lowest BCUT2D eigenvalue weighted by Gasteiger charge is -2.10. The number of phenolic OH excluding ortho intramolecular Hbond substituents is 1. The number of nitrogens with one attached hydrogen (secondary N) is 1. The molecule has 0 bridgehead atoms. The van der Waals surface area contributed by atoms with Crippen LogP contribution in [0.25, 0.3) is 0 Å². The number of anilines is 1. The molecule has 2 rings (SSSR count). The van der Waals surface area contributed by atoms with E-state index in [-0.39, 0.29) is 16.9 Å². The van der Waals surface area contributed by atoms with E-state index in [9.17, 15) is 14.7 Å². The number of aromatic hydroxyl groups is 1. The summed E-state index contributed by atoms with van der Waals surface area (Å²) in [6, 6.07) is 10.8. The van der Waals surface area contributed by atoms with Gasteiger partial charge >= 0.3 is 5.97 Å². The summed E-state index contributed by atoms with van der Waals surface area (Å²) in [6.07, 6.45) is 0.813. The standard InChI is InChI=1S/C18H19NO4/c1-11(2)9-12-3-8-16(20)15(10-12)17(21)19-14-6-4-13(5-7-14)18(22)23/h3-8,10-11,20H,9H2,1-2H3,(H,19,21)(H,22,23). The first kappa shape index (κ1) is 16.5. The van der Waals surface area contributed by atoms with Gasteiger partial charge in [-0.2, -0.15) is 0 Å². The van der Waals surface area contributed by atoms with Crippen LogP contribution in [-0.2, 0) is 6.42 Å². The van der Waals surface area contributed by atoms with Gasteiger partial charge in [0.25, 0.3) is 5.91 Å². The van der Waals surface area contributed by atoms with Crippen LogP contribution in [0, 0.1) is 5.92 Å². The second kappa shape index (κ2) is 6.96. The number of rotatable bonds is 5. The molecule has 0 aliphatic rings. The maximum absolute atomic E-state index is 12.3. The molecular weight excluding hydrogens is 294 g/mol. The molecule has 5 nitrogen and oxygen atoms in total. The van der Waals surface area contributed by atoms with Gasteiger partial charge in [-0.1, -0.05) is 19.9 Å². The third-order valence-electron chi connectivity index (χ3n) is 3.34. The lowest BCUT2D eigenvalue weighted by Crippen LogP contribution is -2.13. The molecule has 0 saturated carbocycles. The minimum Gasteiger partial charge on any atom is -0.507 e. The topological polar surface area (TPSA) is 86.6 Å². The van der Waals surface area contributed by atoms with Crippen LogP contribution >= 0.6 is 0 Å². The minimum absolute atomic E-state index is 0.0860. The molecule has 0 atom stereocenters. The maximum atomic E-state index is 12.3. The number of aromatic carboxylic acids is 1. The molecule has 3 N–H and O–H groups in total. The first-order valence-corrected chi connectivity index (χ1v) is 7.33. The van der Waals surface area contributed by atoms with Crippen molar-refractivity contribution in [3.63, 3.8) is 0 Å². The number of carboxylic acid groups (broad SMARTS) is 1. The summed E-state index contributed by atoms with van der Waals surface area (Å²) >= 11 is 0. The van der Waals surface area contributed by atoms with Gasteiger partial charge in [0.05, 0.1) is 11.1 Å². The Bertz CT molecular complexity index is 720. The Morgan fingerprint density at radius 3 is 2.30 bits per heavy atom. The van der Waals surface area contributed by atoms with Crippen molar-refractivity contribution < 1.29 is 19.8 Å². The molecule has 0 radical (unpaired) electrons. The summed E-state index contributed by atoms with van der Waals surface area (Å²) in [5.41, 5.74) is 1.79. The molecule has 23 heavy (non-hydrogen) atoms. The summed E-state index contributed by atoms with van der Waals surface area (Å²) in [5, 5.41) is 21.4. The van der Waals surface area contributed by atoms with E-state index in [1.165, 1.54) is 30.3 Å². The fraction of sp³-hybridized carbons (Fsp3) is 0.222. The van der Waals surface area contributed by atoms with Crippen LogP contribution < -0.4 is 5.32 Å². The third-order valence-corrected chi connectivity index (χ3v) is 3.34. The molecule has 0 fully saturated rings. The molecule has 2 aromatic rings. The molecule has 0 aromatic heterocycles. The SMILES string of the molecule is CC(C)Cc1ccc(O)c(C(=O)Nc2ccc(C(=O)O)cc2)c1. The number of amides is 1.